The molecular weight excluding hydrogens is 404 g/mol. The minimum absolute atomic E-state index is 0.147. The molecule has 0 spiro atoms. The maximum Gasteiger partial charge on any atom is 0.261 e. The summed E-state index contributed by atoms with van der Waals surface area (Å²) in [6.07, 6.45) is 0.487. The highest BCUT2D eigenvalue weighted by Crippen LogP contribution is 2.20. The fourth-order valence-electron chi connectivity index (χ4n) is 3.37. The number of methoxy groups -OCH3 is 1. The molecular formula is C26H36N2O4. The first kappa shape index (κ1) is 25.2. The van der Waals surface area contributed by atoms with E-state index in [2.05, 4.69) is 5.32 Å². The SMILES string of the molecule is CC[C@@H](C(=O)NC(C)(C)C)N(Cc1cccc(OC)c1)C(=O)COc1ccc(C)c(C)c1. The summed E-state index contributed by atoms with van der Waals surface area (Å²) in [4.78, 5) is 27.9. The zero-order chi connectivity index (χ0) is 23.9. The highest BCUT2D eigenvalue weighted by Gasteiger charge is 2.31. The van der Waals surface area contributed by atoms with E-state index in [-0.39, 0.29) is 25.0 Å². The molecule has 2 amide bonds. The Labute approximate surface area is 191 Å². The van der Waals surface area contributed by atoms with Gasteiger partial charge in [-0.2, -0.15) is 0 Å². The summed E-state index contributed by atoms with van der Waals surface area (Å²) in [6, 6.07) is 12.6. The minimum Gasteiger partial charge on any atom is -0.497 e. The lowest BCUT2D eigenvalue weighted by atomic mass is 10.1. The fourth-order valence-corrected chi connectivity index (χ4v) is 3.37. The average Bonchev–Trinajstić information content (AvgIpc) is 2.73. The number of nitrogens with one attached hydrogen (secondary N) is 1. The van der Waals surface area contributed by atoms with Crippen LogP contribution in [0.1, 0.15) is 50.8 Å². The summed E-state index contributed by atoms with van der Waals surface area (Å²) in [5.41, 5.74) is 2.74. The lowest BCUT2D eigenvalue weighted by Crippen LogP contribution is -2.54. The molecule has 2 rings (SSSR count). The molecule has 2 aromatic carbocycles. The van der Waals surface area contributed by atoms with Crippen molar-refractivity contribution >= 4 is 11.8 Å². The van der Waals surface area contributed by atoms with Crippen LogP contribution in [-0.2, 0) is 16.1 Å². The molecule has 1 atom stereocenters. The number of ether oxygens (including phenoxy) is 2. The van der Waals surface area contributed by atoms with Crippen molar-refractivity contribution in [1.29, 1.82) is 0 Å². The van der Waals surface area contributed by atoms with Crippen LogP contribution < -0.4 is 14.8 Å². The van der Waals surface area contributed by atoms with E-state index in [0.717, 1.165) is 16.7 Å². The third-order valence-electron chi connectivity index (χ3n) is 5.21. The van der Waals surface area contributed by atoms with E-state index in [9.17, 15) is 9.59 Å². The second-order valence-corrected chi connectivity index (χ2v) is 9.07. The first-order valence-corrected chi connectivity index (χ1v) is 11.0. The van der Waals surface area contributed by atoms with Gasteiger partial charge in [0.15, 0.2) is 6.61 Å². The van der Waals surface area contributed by atoms with Crippen molar-refractivity contribution in [2.24, 2.45) is 0 Å². The molecule has 0 radical (unpaired) electrons. The first-order valence-electron chi connectivity index (χ1n) is 11.0. The second-order valence-electron chi connectivity index (χ2n) is 9.07. The van der Waals surface area contributed by atoms with Crippen LogP contribution >= 0.6 is 0 Å². The van der Waals surface area contributed by atoms with Gasteiger partial charge in [-0.1, -0.05) is 25.1 Å². The van der Waals surface area contributed by atoms with Crippen LogP contribution in [0.25, 0.3) is 0 Å². The Bertz CT molecular complexity index is 934. The van der Waals surface area contributed by atoms with E-state index in [0.29, 0.717) is 17.9 Å². The Morgan fingerprint density at radius 1 is 1.03 bits per heavy atom. The standard InChI is InChI=1S/C26H36N2O4/c1-8-23(25(30)27-26(4,5)6)28(16-20-10-9-11-21(15-20)31-7)24(29)17-32-22-13-12-18(2)19(3)14-22/h9-15,23H,8,16-17H2,1-7H3,(H,27,30)/t23-/m0/s1. The minimum atomic E-state index is -0.615. The summed E-state index contributed by atoms with van der Waals surface area (Å²) in [7, 11) is 1.60. The number of carbonyl (C=O) groups is 2. The van der Waals surface area contributed by atoms with Crippen LogP contribution in [0, 0.1) is 13.8 Å². The van der Waals surface area contributed by atoms with Crippen molar-refractivity contribution in [2.75, 3.05) is 13.7 Å². The van der Waals surface area contributed by atoms with E-state index in [1.54, 1.807) is 12.0 Å². The topological polar surface area (TPSA) is 67.9 Å². The molecule has 0 unspecified atom stereocenters. The van der Waals surface area contributed by atoms with Gasteiger partial charge in [-0.3, -0.25) is 9.59 Å². The number of nitrogens with zero attached hydrogens (tertiary/aromatic N) is 1. The Morgan fingerprint density at radius 3 is 2.34 bits per heavy atom. The maximum atomic E-state index is 13.3. The van der Waals surface area contributed by atoms with Crippen molar-refractivity contribution in [2.45, 2.75) is 66.1 Å². The monoisotopic (exact) mass is 440 g/mol. The molecule has 0 fully saturated rings. The molecule has 2 aromatic rings. The normalized spacial score (nSPS) is 12.1. The van der Waals surface area contributed by atoms with E-state index in [1.165, 1.54) is 0 Å². The Morgan fingerprint density at radius 2 is 1.75 bits per heavy atom. The third-order valence-corrected chi connectivity index (χ3v) is 5.21. The van der Waals surface area contributed by atoms with Crippen molar-refractivity contribution in [3.8, 4) is 11.5 Å². The third kappa shape index (κ3) is 7.29. The molecule has 6 heteroatoms. The fraction of sp³-hybridized carbons (Fsp3) is 0.462. The zero-order valence-electron chi connectivity index (χ0n) is 20.3. The molecule has 0 bridgehead atoms. The molecule has 6 nitrogen and oxygen atoms in total. The Kier molecular flexibility index (Phi) is 8.70. The van der Waals surface area contributed by atoms with Gasteiger partial charge in [-0.25, -0.2) is 0 Å². The van der Waals surface area contributed by atoms with Crippen LogP contribution in [0.15, 0.2) is 42.5 Å². The van der Waals surface area contributed by atoms with E-state index in [1.807, 2.05) is 84.0 Å². The van der Waals surface area contributed by atoms with E-state index >= 15 is 0 Å². The molecule has 0 heterocycles. The van der Waals surface area contributed by atoms with Crippen LogP contribution in [0.3, 0.4) is 0 Å². The van der Waals surface area contributed by atoms with Gasteiger partial charge in [0.05, 0.1) is 7.11 Å². The number of hydrogen-bond donors (Lipinski definition) is 1. The van der Waals surface area contributed by atoms with Crippen molar-refractivity contribution in [3.05, 3.63) is 59.2 Å². The molecule has 32 heavy (non-hydrogen) atoms. The second kappa shape index (κ2) is 11.0. The molecule has 0 aliphatic rings. The highest BCUT2D eigenvalue weighted by atomic mass is 16.5. The molecule has 0 aliphatic carbocycles. The largest absolute Gasteiger partial charge is 0.497 e. The summed E-state index contributed by atoms with van der Waals surface area (Å²) in [6.45, 7) is 11.8. The predicted octanol–water partition coefficient (Wildman–Crippen LogP) is 4.41. The maximum absolute atomic E-state index is 13.3. The van der Waals surface area contributed by atoms with E-state index in [4.69, 9.17) is 9.47 Å². The molecule has 0 aliphatic heterocycles. The Hall–Kier alpha value is -3.02. The highest BCUT2D eigenvalue weighted by molar-refractivity contribution is 5.88. The van der Waals surface area contributed by atoms with Gasteiger partial charge in [-0.15, -0.1) is 0 Å². The molecule has 0 saturated carbocycles. The van der Waals surface area contributed by atoms with Gasteiger partial charge in [0.1, 0.15) is 17.5 Å². The van der Waals surface area contributed by atoms with E-state index < -0.39 is 11.6 Å². The van der Waals surface area contributed by atoms with Crippen molar-refractivity contribution in [3.63, 3.8) is 0 Å². The summed E-state index contributed by atoms with van der Waals surface area (Å²) in [5, 5.41) is 3.00. The number of carbonyl (C=O) groups excluding carboxylic acids is 2. The van der Waals surface area contributed by atoms with Crippen molar-refractivity contribution in [1.82, 2.24) is 10.2 Å². The van der Waals surface area contributed by atoms with Crippen LogP contribution in [0.2, 0.25) is 0 Å². The average molecular weight is 441 g/mol. The lowest BCUT2D eigenvalue weighted by molar-refractivity contribution is -0.143. The lowest BCUT2D eigenvalue weighted by Gasteiger charge is -2.33. The number of rotatable bonds is 9. The van der Waals surface area contributed by atoms with Crippen molar-refractivity contribution < 1.29 is 19.1 Å². The van der Waals surface area contributed by atoms with Gasteiger partial charge in [0.25, 0.3) is 5.91 Å². The predicted molar refractivity (Wildman–Crippen MR) is 127 cm³/mol. The molecule has 0 saturated heterocycles. The van der Waals surface area contributed by atoms with Crippen LogP contribution in [-0.4, -0.2) is 42.0 Å². The van der Waals surface area contributed by atoms with Gasteiger partial charge >= 0.3 is 0 Å². The molecule has 0 aromatic heterocycles. The first-order chi connectivity index (χ1) is 15.0. The van der Waals surface area contributed by atoms with Gasteiger partial charge in [0, 0.05) is 12.1 Å². The number of hydrogen-bond acceptors (Lipinski definition) is 4. The summed E-state index contributed by atoms with van der Waals surface area (Å²) >= 11 is 0. The summed E-state index contributed by atoms with van der Waals surface area (Å²) in [5.74, 6) is 0.910. The molecule has 174 valence electrons. The molecule has 1 N–H and O–H groups in total. The van der Waals surface area contributed by atoms with Gasteiger partial charge in [-0.05, 0) is 82.0 Å². The summed E-state index contributed by atoms with van der Waals surface area (Å²) < 4.78 is 11.1. The van der Waals surface area contributed by atoms with Crippen LogP contribution in [0.5, 0.6) is 11.5 Å². The van der Waals surface area contributed by atoms with Crippen LogP contribution in [0.4, 0.5) is 0 Å². The quantitative estimate of drug-likeness (QED) is 0.627. The number of amides is 2. The smallest absolute Gasteiger partial charge is 0.261 e. The number of aryl methyl sites for hydroxylation is 2. The van der Waals surface area contributed by atoms with Gasteiger partial charge < -0.3 is 19.7 Å². The van der Waals surface area contributed by atoms with Gasteiger partial charge in [0.2, 0.25) is 5.91 Å². The number of benzene rings is 2. The Balaban J connectivity index is 2.26. The zero-order valence-corrected chi connectivity index (χ0v) is 20.3.